The quantitative estimate of drug-likeness (QED) is 0.496. The van der Waals surface area contributed by atoms with Crippen molar-refractivity contribution in [1.29, 1.82) is 0 Å². The molecular formula is C22H16ClFN4O3. The standard InChI is InChI=1S/C22H16ClFN4O3/c23-16-7-5-15(6-8-16)20-26-21(31-27-20)18-2-1-11-28(22(18)30)13-19(29)25-12-14-3-9-17(24)10-4-14/h1-11H,12-13H2,(H,25,29). The number of aromatic nitrogens is 3. The fraction of sp³-hybridized carbons (Fsp3) is 0.0909. The zero-order chi connectivity index (χ0) is 21.8. The molecule has 4 rings (SSSR count). The van der Waals surface area contributed by atoms with E-state index < -0.39 is 5.56 Å². The number of carbonyl (C=O) groups is 1. The van der Waals surface area contributed by atoms with Gasteiger partial charge in [-0.25, -0.2) is 4.39 Å². The Morgan fingerprint density at radius 2 is 1.84 bits per heavy atom. The molecule has 7 nitrogen and oxygen atoms in total. The van der Waals surface area contributed by atoms with E-state index >= 15 is 0 Å². The van der Waals surface area contributed by atoms with E-state index in [4.69, 9.17) is 16.1 Å². The summed E-state index contributed by atoms with van der Waals surface area (Å²) >= 11 is 5.89. The molecule has 0 aliphatic carbocycles. The molecule has 0 radical (unpaired) electrons. The Morgan fingerprint density at radius 1 is 1.10 bits per heavy atom. The van der Waals surface area contributed by atoms with Crippen LogP contribution >= 0.6 is 11.6 Å². The topological polar surface area (TPSA) is 90.0 Å². The molecule has 2 heterocycles. The minimum Gasteiger partial charge on any atom is -0.350 e. The molecule has 0 bridgehead atoms. The molecule has 0 atom stereocenters. The van der Waals surface area contributed by atoms with Crippen molar-refractivity contribution in [3.05, 3.63) is 93.6 Å². The third-order valence-corrected chi connectivity index (χ3v) is 4.75. The summed E-state index contributed by atoms with van der Waals surface area (Å²) in [5.41, 5.74) is 1.18. The first-order chi connectivity index (χ1) is 15.0. The van der Waals surface area contributed by atoms with Crippen molar-refractivity contribution in [3.63, 3.8) is 0 Å². The number of halogens is 2. The van der Waals surface area contributed by atoms with Crippen molar-refractivity contribution in [3.8, 4) is 22.8 Å². The van der Waals surface area contributed by atoms with Crippen LogP contribution in [0.15, 0.2) is 76.2 Å². The van der Waals surface area contributed by atoms with Gasteiger partial charge in [0, 0.05) is 23.3 Å². The molecular weight excluding hydrogens is 423 g/mol. The molecule has 0 spiro atoms. The van der Waals surface area contributed by atoms with Crippen LogP contribution in [0.2, 0.25) is 5.02 Å². The van der Waals surface area contributed by atoms with E-state index in [-0.39, 0.29) is 36.3 Å². The average molecular weight is 439 g/mol. The van der Waals surface area contributed by atoms with Crippen LogP contribution < -0.4 is 10.9 Å². The van der Waals surface area contributed by atoms with Crippen LogP contribution in [0.1, 0.15) is 5.56 Å². The molecule has 4 aromatic rings. The van der Waals surface area contributed by atoms with Gasteiger partial charge in [0.15, 0.2) is 0 Å². The Hall–Kier alpha value is -3.78. The summed E-state index contributed by atoms with van der Waals surface area (Å²) in [6.45, 7) is 0.0354. The predicted octanol–water partition coefficient (Wildman–Crippen LogP) is 3.67. The first kappa shape index (κ1) is 20.5. The van der Waals surface area contributed by atoms with E-state index in [0.717, 1.165) is 5.56 Å². The van der Waals surface area contributed by atoms with E-state index in [0.29, 0.717) is 16.4 Å². The van der Waals surface area contributed by atoms with Crippen molar-refractivity contribution in [2.24, 2.45) is 0 Å². The number of pyridine rings is 1. The van der Waals surface area contributed by atoms with Crippen LogP contribution in [0.3, 0.4) is 0 Å². The highest BCUT2D eigenvalue weighted by atomic mass is 35.5. The van der Waals surface area contributed by atoms with E-state index in [1.165, 1.54) is 22.9 Å². The van der Waals surface area contributed by atoms with E-state index in [1.807, 2.05) is 0 Å². The third kappa shape index (κ3) is 4.87. The van der Waals surface area contributed by atoms with Crippen LogP contribution in [0.4, 0.5) is 4.39 Å². The first-order valence-corrected chi connectivity index (χ1v) is 9.68. The molecule has 0 aliphatic heterocycles. The molecule has 1 amide bonds. The fourth-order valence-electron chi connectivity index (χ4n) is 2.89. The van der Waals surface area contributed by atoms with Gasteiger partial charge in [0.05, 0.1) is 0 Å². The monoisotopic (exact) mass is 438 g/mol. The minimum atomic E-state index is -0.439. The highest BCUT2D eigenvalue weighted by Gasteiger charge is 2.16. The lowest BCUT2D eigenvalue weighted by atomic mass is 10.2. The minimum absolute atomic E-state index is 0.0519. The molecule has 0 aliphatic rings. The van der Waals surface area contributed by atoms with Crippen molar-refractivity contribution in [2.75, 3.05) is 0 Å². The van der Waals surface area contributed by atoms with Gasteiger partial charge in [0.1, 0.15) is 17.9 Å². The van der Waals surface area contributed by atoms with Crippen LogP contribution in [-0.4, -0.2) is 20.6 Å². The molecule has 1 N–H and O–H groups in total. The maximum Gasteiger partial charge on any atom is 0.263 e. The number of hydrogen-bond donors (Lipinski definition) is 1. The van der Waals surface area contributed by atoms with E-state index in [9.17, 15) is 14.0 Å². The van der Waals surface area contributed by atoms with E-state index in [1.54, 1.807) is 48.5 Å². The van der Waals surface area contributed by atoms with Crippen LogP contribution in [-0.2, 0) is 17.9 Å². The maximum atomic E-state index is 13.0. The van der Waals surface area contributed by atoms with Crippen molar-refractivity contribution < 1.29 is 13.7 Å². The summed E-state index contributed by atoms with van der Waals surface area (Å²) in [7, 11) is 0. The van der Waals surface area contributed by atoms with Gasteiger partial charge in [0.25, 0.3) is 11.4 Å². The predicted molar refractivity (Wildman–Crippen MR) is 113 cm³/mol. The van der Waals surface area contributed by atoms with Gasteiger partial charge < -0.3 is 14.4 Å². The Labute approximate surface area is 181 Å². The molecule has 2 aromatic heterocycles. The molecule has 0 saturated carbocycles. The second-order valence-electron chi connectivity index (χ2n) is 6.69. The summed E-state index contributed by atoms with van der Waals surface area (Å²) in [4.78, 5) is 29.3. The zero-order valence-corrected chi connectivity index (χ0v) is 16.8. The second-order valence-corrected chi connectivity index (χ2v) is 7.12. The SMILES string of the molecule is O=C(Cn1cccc(-c2nc(-c3ccc(Cl)cc3)no2)c1=O)NCc1ccc(F)cc1. The molecule has 156 valence electrons. The van der Waals surface area contributed by atoms with Crippen LogP contribution in [0.25, 0.3) is 22.8 Å². The van der Waals surface area contributed by atoms with Gasteiger partial charge in [-0.2, -0.15) is 4.98 Å². The summed E-state index contributed by atoms with van der Waals surface area (Å²) in [5, 5.41) is 7.19. The molecule has 0 unspecified atom stereocenters. The third-order valence-electron chi connectivity index (χ3n) is 4.50. The number of nitrogens with one attached hydrogen (secondary N) is 1. The van der Waals surface area contributed by atoms with Crippen LogP contribution in [0, 0.1) is 5.82 Å². The van der Waals surface area contributed by atoms with Gasteiger partial charge in [-0.15, -0.1) is 0 Å². The smallest absolute Gasteiger partial charge is 0.263 e. The second kappa shape index (κ2) is 8.93. The summed E-state index contributed by atoms with van der Waals surface area (Å²) < 4.78 is 19.5. The Bertz CT molecular complexity index is 1270. The molecule has 31 heavy (non-hydrogen) atoms. The molecule has 0 saturated heterocycles. The lowest BCUT2D eigenvalue weighted by molar-refractivity contribution is -0.121. The lowest BCUT2D eigenvalue weighted by Gasteiger charge is -2.08. The highest BCUT2D eigenvalue weighted by molar-refractivity contribution is 6.30. The Morgan fingerprint density at radius 3 is 2.58 bits per heavy atom. The Balaban J connectivity index is 1.48. The van der Waals surface area contributed by atoms with Crippen LogP contribution in [0.5, 0.6) is 0 Å². The normalized spacial score (nSPS) is 10.8. The number of nitrogens with zero attached hydrogens (tertiary/aromatic N) is 3. The molecule has 2 aromatic carbocycles. The zero-order valence-electron chi connectivity index (χ0n) is 16.1. The van der Waals surface area contributed by atoms with Crippen molar-refractivity contribution in [1.82, 2.24) is 20.0 Å². The van der Waals surface area contributed by atoms with Gasteiger partial charge in [-0.3, -0.25) is 9.59 Å². The molecule has 9 heteroatoms. The van der Waals surface area contributed by atoms with Crippen molar-refractivity contribution >= 4 is 17.5 Å². The number of carbonyl (C=O) groups excluding carboxylic acids is 1. The number of benzene rings is 2. The first-order valence-electron chi connectivity index (χ1n) is 9.30. The Kier molecular flexibility index (Phi) is 5.90. The summed E-state index contributed by atoms with van der Waals surface area (Å²) in [6, 6.07) is 15.9. The number of rotatable bonds is 6. The van der Waals surface area contributed by atoms with Gasteiger partial charge in [-0.1, -0.05) is 28.9 Å². The highest BCUT2D eigenvalue weighted by Crippen LogP contribution is 2.21. The largest absolute Gasteiger partial charge is 0.350 e. The summed E-state index contributed by atoms with van der Waals surface area (Å²) in [5.74, 6) is -0.343. The summed E-state index contributed by atoms with van der Waals surface area (Å²) in [6.07, 6.45) is 1.50. The number of amides is 1. The van der Waals surface area contributed by atoms with Gasteiger partial charge in [0.2, 0.25) is 11.7 Å². The molecule has 0 fully saturated rings. The van der Waals surface area contributed by atoms with Crippen molar-refractivity contribution in [2.45, 2.75) is 13.1 Å². The van der Waals surface area contributed by atoms with E-state index in [2.05, 4.69) is 15.5 Å². The number of hydrogen-bond acceptors (Lipinski definition) is 5. The average Bonchev–Trinajstić information content (AvgIpc) is 3.25. The maximum absolute atomic E-state index is 13.0. The van der Waals surface area contributed by atoms with Gasteiger partial charge in [-0.05, 0) is 54.1 Å². The lowest BCUT2D eigenvalue weighted by Crippen LogP contribution is -2.32. The fourth-order valence-corrected chi connectivity index (χ4v) is 3.01. The van der Waals surface area contributed by atoms with Gasteiger partial charge >= 0.3 is 0 Å².